The van der Waals surface area contributed by atoms with E-state index in [1.807, 2.05) is 30.3 Å². The van der Waals surface area contributed by atoms with Gasteiger partial charge < -0.3 is 4.74 Å². The maximum atomic E-state index is 12.6. The summed E-state index contributed by atoms with van der Waals surface area (Å²) in [6.45, 7) is 0. The van der Waals surface area contributed by atoms with Gasteiger partial charge >= 0.3 is 0 Å². The Balaban J connectivity index is 1.45. The average molecular weight is 378 g/mol. The number of carbonyl (C=O) groups excluding carboxylic acids is 3. The van der Waals surface area contributed by atoms with Gasteiger partial charge in [0.2, 0.25) is 0 Å². The van der Waals surface area contributed by atoms with Gasteiger partial charge in [-0.05, 0) is 49.9 Å². The van der Waals surface area contributed by atoms with Crippen LogP contribution >= 0.6 is 0 Å². The van der Waals surface area contributed by atoms with E-state index < -0.39 is 0 Å². The molecule has 146 valence electrons. The highest BCUT2D eigenvalue weighted by Gasteiger charge is 2.34. The lowest BCUT2D eigenvalue weighted by atomic mass is 9.92. The van der Waals surface area contributed by atoms with Gasteiger partial charge in [0, 0.05) is 35.8 Å². The Bertz CT molecular complexity index is 823. The Kier molecular flexibility index (Phi) is 6.75. The van der Waals surface area contributed by atoms with Gasteiger partial charge in [-0.3, -0.25) is 14.4 Å². The van der Waals surface area contributed by atoms with E-state index in [4.69, 9.17) is 4.74 Å². The van der Waals surface area contributed by atoms with E-state index in [9.17, 15) is 14.4 Å². The second-order valence-corrected chi connectivity index (χ2v) is 7.39. The van der Waals surface area contributed by atoms with E-state index in [2.05, 4.69) is 0 Å². The first-order valence-corrected chi connectivity index (χ1v) is 9.87. The SMILES string of the molecule is COc1ccc(C(=O)CC[C@@H]2CC[C@@H](CCC(=O)c3ccccc3)C2=O)cc1. The Morgan fingerprint density at radius 1 is 0.821 bits per heavy atom. The van der Waals surface area contributed by atoms with E-state index in [1.54, 1.807) is 31.4 Å². The van der Waals surface area contributed by atoms with Crippen molar-refractivity contribution in [1.82, 2.24) is 0 Å². The summed E-state index contributed by atoms with van der Waals surface area (Å²) >= 11 is 0. The molecule has 0 bridgehead atoms. The monoisotopic (exact) mass is 378 g/mol. The summed E-state index contributed by atoms with van der Waals surface area (Å²) in [6.07, 6.45) is 3.61. The van der Waals surface area contributed by atoms with Crippen molar-refractivity contribution in [2.75, 3.05) is 7.11 Å². The largest absolute Gasteiger partial charge is 0.497 e. The lowest BCUT2D eigenvalue weighted by Crippen LogP contribution is -2.16. The third-order valence-corrected chi connectivity index (χ3v) is 5.62. The van der Waals surface area contributed by atoms with Crippen molar-refractivity contribution in [1.29, 1.82) is 0 Å². The van der Waals surface area contributed by atoms with E-state index in [0.717, 1.165) is 18.6 Å². The number of benzene rings is 2. The van der Waals surface area contributed by atoms with Crippen molar-refractivity contribution in [3.8, 4) is 5.75 Å². The van der Waals surface area contributed by atoms with Crippen molar-refractivity contribution >= 4 is 17.3 Å². The molecule has 1 fully saturated rings. The fourth-order valence-electron chi connectivity index (χ4n) is 3.89. The third-order valence-electron chi connectivity index (χ3n) is 5.62. The minimum atomic E-state index is -0.0565. The molecule has 0 N–H and O–H groups in total. The number of rotatable bonds is 9. The van der Waals surface area contributed by atoms with Gasteiger partial charge in [0.15, 0.2) is 11.6 Å². The maximum absolute atomic E-state index is 12.6. The molecule has 3 rings (SSSR count). The van der Waals surface area contributed by atoms with Crippen LogP contribution in [0.25, 0.3) is 0 Å². The first kappa shape index (κ1) is 20.0. The maximum Gasteiger partial charge on any atom is 0.162 e. The highest BCUT2D eigenvalue weighted by Crippen LogP contribution is 2.34. The molecule has 1 aliphatic rings. The summed E-state index contributed by atoms with van der Waals surface area (Å²) < 4.78 is 5.10. The molecule has 0 aromatic heterocycles. The second-order valence-electron chi connectivity index (χ2n) is 7.39. The first-order chi connectivity index (χ1) is 13.6. The van der Waals surface area contributed by atoms with E-state index >= 15 is 0 Å². The van der Waals surface area contributed by atoms with Crippen molar-refractivity contribution < 1.29 is 19.1 Å². The Labute approximate surface area is 165 Å². The molecular weight excluding hydrogens is 352 g/mol. The van der Waals surface area contributed by atoms with Crippen molar-refractivity contribution in [2.45, 2.75) is 38.5 Å². The summed E-state index contributed by atoms with van der Waals surface area (Å²) in [4.78, 5) is 37.3. The van der Waals surface area contributed by atoms with Crippen molar-refractivity contribution in [3.63, 3.8) is 0 Å². The zero-order valence-corrected chi connectivity index (χ0v) is 16.2. The number of hydrogen-bond acceptors (Lipinski definition) is 4. The van der Waals surface area contributed by atoms with E-state index in [1.165, 1.54) is 0 Å². The van der Waals surface area contributed by atoms with Gasteiger partial charge in [-0.15, -0.1) is 0 Å². The Morgan fingerprint density at radius 3 is 1.82 bits per heavy atom. The minimum Gasteiger partial charge on any atom is -0.497 e. The van der Waals surface area contributed by atoms with Gasteiger partial charge in [0.25, 0.3) is 0 Å². The van der Waals surface area contributed by atoms with Gasteiger partial charge in [-0.2, -0.15) is 0 Å². The van der Waals surface area contributed by atoms with Crippen LogP contribution in [-0.2, 0) is 4.79 Å². The minimum absolute atomic E-state index is 0.0475. The lowest BCUT2D eigenvalue weighted by Gasteiger charge is -2.10. The van der Waals surface area contributed by atoms with E-state index in [0.29, 0.717) is 36.8 Å². The molecule has 0 amide bonds. The molecule has 0 aliphatic heterocycles. The summed E-state index contributed by atoms with van der Waals surface area (Å²) in [7, 11) is 1.59. The van der Waals surface area contributed by atoms with Crippen LogP contribution in [0.15, 0.2) is 54.6 Å². The molecule has 4 nitrogen and oxygen atoms in total. The predicted molar refractivity (Wildman–Crippen MR) is 108 cm³/mol. The van der Waals surface area contributed by atoms with Gasteiger partial charge in [0.05, 0.1) is 7.11 Å². The number of ketones is 3. The van der Waals surface area contributed by atoms with Gasteiger partial charge in [-0.1, -0.05) is 30.3 Å². The fourth-order valence-corrected chi connectivity index (χ4v) is 3.89. The van der Waals surface area contributed by atoms with Crippen LogP contribution in [0.5, 0.6) is 5.75 Å². The lowest BCUT2D eigenvalue weighted by molar-refractivity contribution is -0.124. The molecule has 2 atom stereocenters. The second kappa shape index (κ2) is 9.45. The molecule has 1 saturated carbocycles. The Morgan fingerprint density at radius 2 is 1.32 bits per heavy atom. The molecule has 0 saturated heterocycles. The highest BCUT2D eigenvalue weighted by atomic mass is 16.5. The molecule has 0 radical (unpaired) electrons. The zero-order chi connectivity index (χ0) is 19.9. The van der Waals surface area contributed by atoms with E-state index in [-0.39, 0.29) is 29.2 Å². The number of hydrogen-bond donors (Lipinski definition) is 0. The average Bonchev–Trinajstić information content (AvgIpc) is 3.10. The summed E-state index contributed by atoms with van der Waals surface area (Å²) in [5.74, 6) is 0.983. The Hall–Kier alpha value is -2.75. The standard InChI is InChI=1S/C24H26O4/c1-28-21-13-9-18(10-14-21)23(26)16-12-20-8-7-19(24(20)27)11-15-22(25)17-5-3-2-4-6-17/h2-6,9-10,13-14,19-20H,7-8,11-12,15-16H2,1H3/t19-,20-/m0/s1. The molecule has 0 spiro atoms. The van der Waals surface area contributed by atoms with Crippen LogP contribution in [0, 0.1) is 11.8 Å². The van der Waals surface area contributed by atoms with Crippen LogP contribution in [0.3, 0.4) is 0 Å². The van der Waals surface area contributed by atoms with Crippen LogP contribution in [-0.4, -0.2) is 24.5 Å². The topological polar surface area (TPSA) is 60.4 Å². The third kappa shape index (κ3) is 4.94. The van der Waals surface area contributed by atoms with Crippen molar-refractivity contribution in [2.24, 2.45) is 11.8 Å². The zero-order valence-electron chi connectivity index (χ0n) is 16.2. The quantitative estimate of drug-likeness (QED) is 0.581. The molecule has 2 aromatic rings. The molecule has 0 unspecified atom stereocenters. The fraction of sp³-hybridized carbons (Fsp3) is 0.375. The van der Waals surface area contributed by atoms with Crippen LogP contribution in [0.2, 0.25) is 0 Å². The van der Waals surface area contributed by atoms with Crippen LogP contribution < -0.4 is 4.74 Å². The number of ether oxygens (including phenoxy) is 1. The highest BCUT2D eigenvalue weighted by molar-refractivity contribution is 5.97. The van der Waals surface area contributed by atoms with Crippen LogP contribution in [0.4, 0.5) is 0 Å². The smallest absolute Gasteiger partial charge is 0.162 e. The number of Topliss-reactive ketones (excluding diaryl/α,β-unsaturated/α-hetero) is 3. The molecular formula is C24H26O4. The van der Waals surface area contributed by atoms with Crippen LogP contribution in [0.1, 0.15) is 59.2 Å². The molecule has 4 heteroatoms. The summed E-state index contributed by atoms with van der Waals surface area (Å²) in [6, 6.07) is 16.3. The summed E-state index contributed by atoms with van der Waals surface area (Å²) in [5, 5.41) is 0. The number of methoxy groups -OCH3 is 1. The molecule has 2 aromatic carbocycles. The molecule has 28 heavy (non-hydrogen) atoms. The number of carbonyl (C=O) groups is 3. The van der Waals surface area contributed by atoms with Gasteiger partial charge in [-0.25, -0.2) is 0 Å². The summed E-state index contributed by atoms with van der Waals surface area (Å²) in [5.41, 5.74) is 1.35. The van der Waals surface area contributed by atoms with Gasteiger partial charge in [0.1, 0.15) is 11.5 Å². The van der Waals surface area contributed by atoms with Crippen molar-refractivity contribution in [3.05, 3.63) is 65.7 Å². The molecule has 1 aliphatic carbocycles. The normalized spacial score (nSPS) is 18.8. The molecule has 0 heterocycles. The first-order valence-electron chi connectivity index (χ1n) is 9.87. The predicted octanol–water partition coefficient (Wildman–Crippen LogP) is 4.92.